The number of carbonyl (C=O) groups excluding carboxylic acids is 1. The van der Waals surface area contributed by atoms with Gasteiger partial charge in [-0.2, -0.15) is 0 Å². The monoisotopic (exact) mass is 259 g/mol. The number of rotatable bonds is 7. The van der Waals surface area contributed by atoms with E-state index in [2.05, 4.69) is 39.2 Å². The first kappa shape index (κ1) is 15.6. The molecular weight excluding hydrogens is 234 g/mol. The van der Waals surface area contributed by atoms with Gasteiger partial charge < -0.3 is 0 Å². The van der Waals surface area contributed by atoms with Gasteiger partial charge in [0.25, 0.3) is 0 Å². The molecule has 0 aromatic heterocycles. The number of carbonyl (C=O) groups is 1. The van der Waals surface area contributed by atoms with Gasteiger partial charge in [-0.05, 0) is 13.1 Å². The predicted octanol–water partition coefficient (Wildman–Crippen LogP) is 3.79. The Hall–Kier alpha value is -1.41. The van der Waals surface area contributed by atoms with Crippen LogP contribution in [-0.2, 0) is 0 Å². The summed E-state index contributed by atoms with van der Waals surface area (Å²) in [6.07, 6.45) is 1.89. The Kier molecular flexibility index (Phi) is 5.49. The average molecular weight is 259 g/mol. The summed E-state index contributed by atoms with van der Waals surface area (Å²) in [7, 11) is 0. The zero-order valence-electron chi connectivity index (χ0n) is 12.5. The van der Waals surface area contributed by atoms with Crippen LogP contribution in [0.2, 0.25) is 0 Å². The maximum atomic E-state index is 12.8. The third-order valence-electron chi connectivity index (χ3n) is 3.72. The van der Waals surface area contributed by atoms with Gasteiger partial charge in [-0.25, -0.2) is 0 Å². The normalized spacial score (nSPS) is 13.3. The molecule has 0 amide bonds. The van der Waals surface area contributed by atoms with Crippen LogP contribution in [0, 0.1) is 5.41 Å². The van der Waals surface area contributed by atoms with Crippen molar-refractivity contribution in [3.05, 3.63) is 48.6 Å². The van der Waals surface area contributed by atoms with Gasteiger partial charge in [0.1, 0.15) is 0 Å². The summed E-state index contributed by atoms with van der Waals surface area (Å²) in [5.41, 5.74) is 0.521. The Morgan fingerprint density at radius 3 is 2.21 bits per heavy atom. The first-order valence-corrected chi connectivity index (χ1v) is 6.94. The standard InChI is InChI=1S/C17H25NO/c1-6-17(4,5)16(18(7-2)8-3)15(19)14-12-10-9-11-13-14/h6,9-13,16H,1,7-8H2,2-5H3. The van der Waals surface area contributed by atoms with Crippen molar-refractivity contribution in [2.75, 3.05) is 13.1 Å². The molecule has 104 valence electrons. The van der Waals surface area contributed by atoms with Gasteiger partial charge in [-0.1, -0.05) is 64.1 Å². The smallest absolute Gasteiger partial charge is 0.180 e. The fraction of sp³-hybridized carbons (Fsp3) is 0.471. The number of ketones is 1. The van der Waals surface area contributed by atoms with E-state index in [9.17, 15) is 4.79 Å². The summed E-state index contributed by atoms with van der Waals surface area (Å²) in [6.45, 7) is 13.9. The van der Waals surface area contributed by atoms with Crippen LogP contribution in [0.3, 0.4) is 0 Å². The predicted molar refractivity (Wildman–Crippen MR) is 81.5 cm³/mol. The Morgan fingerprint density at radius 2 is 1.79 bits per heavy atom. The molecule has 1 rings (SSSR count). The minimum atomic E-state index is -0.251. The Bertz CT molecular complexity index is 418. The van der Waals surface area contributed by atoms with E-state index in [1.165, 1.54) is 0 Å². The maximum Gasteiger partial charge on any atom is 0.180 e. The molecule has 0 aliphatic rings. The van der Waals surface area contributed by atoms with Crippen LogP contribution in [-0.4, -0.2) is 29.8 Å². The van der Waals surface area contributed by atoms with Crippen LogP contribution >= 0.6 is 0 Å². The van der Waals surface area contributed by atoms with Crippen molar-refractivity contribution >= 4 is 5.78 Å². The summed E-state index contributed by atoms with van der Waals surface area (Å²) < 4.78 is 0. The van der Waals surface area contributed by atoms with Crippen molar-refractivity contribution in [3.63, 3.8) is 0 Å². The minimum absolute atomic E-state index is 0.164. The second-order valence-corrected chi connectivity index (χ2v) is 5.38. The molecule has 0 spiro atoms. The zero-order valence-corrected chi connectivity index (χ0v) is 12.5. The molecule has 0 saturated heterocycles. The minimum Gasteiger partial charge on any atom is -0.293 e. The third kappa shape index (κ3) is 3.54. The molecule has 0 saturated carbocycles. The SMILES string of the molecule is C=CC(C)(C)C(C(=O)c1ccccc1)N(CC)CC. The van der Waals surface area contributed by atoms with Crippen molar-refractivity contribution in [2.45, 2.75) is 33.7 Å². The molecule has 1 aromatic carbocycles. The van der Waals surface area contributed by atoms with Crippen molar-refractivity contribution in [2.24, 2.45) is 5.41 Å². The molecule has 0 bridgehead atoms. The quantitative estimate of drug-likeness (QED) is 0.548. The summed E-state index contributed by atoms with van der Waals surface area (Å²) in [5, 5.41) is 0. The van der Waals surface area contributed by atoms with Gasteiger partial charge in [0.2, 0.25) is 0 Å². The van der Waals surface area contributed by atoms with E-state index in [1.54, 1.807) is 0 Å². The van der Waals surface area contributed by atoms with Gasteiger partial charge in [0.05, 0.1) is 6.04 Å². The van der Waals surface area contributed by atoms with Gasteiger partial charge >= 0.3 is 0 Å². The molecule has 1 unspecified atom stereocenters. The Labute approximate surface area is 117 Å². The molecule has 0 radical (unpaired) electrons. The largest absolute Gasteiger partial charge is 0.293 e. The highest BCUT2D eigenvalue weighted by Gasteiger charge is 2.36. The molecule has 19 heavy (non-hydrogen) atoms. The van der Waals surface area contributed by atoms with Crippen molar-refractivity contribution in [1.29, 1.82) is 0 Å². The highest BCUT2D eigenvalue weighted by atomic mass is 16.1. The zero-order chi connectivity index (χ0) is 14.5. The van der Waals surface area contributed by atoms with Crippen LogP contribution < -0.4 is 0 Å². The topological polar surface area (TPSA) is 20.3 Å². The molecule has 0 fully saturated rings. The molecule has 2 nitrogen and oxygen atoms in total. The number of Topliss-reactive ketones (excluding diaryl/α,β-unsaturated/α-hetero) is 1. The van der Waals surface area contributed by atoms with Crippen LogP contribution in [0.5, 0.6) is 0 Å². The van der Waals surface area contributed by atoms with Gasteiger partial charge in [0, 0.05) is 11.0 Å². The number of hydrogen-bond donors (Lipinski definition) is 0. The summed E-state index contributed by atoms with van der Waals surface area (Å²) in [5.74, 6) is 0.175. The lowest BCUT2D eigenvalue weighted by molar-refractivity contribution is 0.0682. The number of hydrogen-bond acceptors (Lipinski definition) is 2. The maximum absolute atomic E-state index is 12.8. The summed E-state index contributed by atoms with van der Waals surface area (Å²) in [6, 6.07) is 9.36. The van der Waals surface area contributed by atoms with Gasteiger partial charge in [-0.3, -0.25) is 9.69 Å². The van der Waals surface area contributed by atoms with Crippen molar-refractivity contribution in [1.82, 2.24) is 4.90 Å². The average Bonchev–Trinajstić information content (AvgIpc) is 2.44. The number of nitrogens with zero attached hydrogens (tertiary/aromatic N) is 1. The summed E-state index contributed by atoms with van der Waals surface area (Å²) >= 11 is 0. The lowest BCUT2D eigenvalue weighted by atomic mass is 9.79. The van der Waals surface area contributed by atoms with Crippen molar-refractivity contribution in [3.8, 4) is 0 Å². The molecule has 2 heteroatoms. The second kappa shape index (κ2) is 6.67. The van der Waals surface area contributed by atoms with Crippen LogP contribution in [0.15, 0.2) is 43.0 Å². The lowest BCUT2D eigenvalue weighted by Gasteiger charge is -2.38. The van der Waals surface area contributed by atoms with E-state index < -0.39 is 0 Å². The van der Waals surface area contributed by atoms with Gasteiger partial charge in [-0.15, -0.1) is 6.58 Å². The second-order valence-electron chi connectivity index (χ2n) is 5.38. The van der Waals surface area contributed by atoms with Crippen LogP contribution in [0.1, 0.15) is 38.1 Å². The lowest BCUT2D eigenvalue weighted by Crippen LogP contribution is -2.49. The molecule has 1 aromatic rings. The molecule has 1 atom stereocenters. The fourth-order valence-electron chi connectivity index (χ4n) is 2.43. The van der Waals surface area contributed by atoms with E-state index in [0.717, 1.165) is 18.7 Å². The van der Waals surface area contributed by atoms with Gasteiger partial charge in [0.15, 0.2) is 5.78 Å². The molecule has 0 heterocycles. The van der Waals surface area contributed by atoms with E-state index in [4.69, 9.17) is 0 Å². The molecular formula is C17H25NO. The Morgan fingerprint density at radius 1 is 1.26 bits per heavy atom. The number of benzene rings is 1. The first-order valence-electron chi connectivity index (χ1n) is 6.94. The highest BCUT2D eigenvalue weighted by Crippen LogP contribution is 2.29. The molecule has 0 aliphatic carbocycles. The van der Waals surface area contributed by atoms with E-state index in [-0.39, 0.29) is 17.2 Å². The van der Waals surface area contributed by atoms with E-state index in [1.807, 2.05) is 36.4 Å². The van der Waals surface area contributed by atoms with Crippen molar-refractivity contribution < 1.29 is 4.79 Å². The Balaban J connectivity index is 3.17. The summed E-state index contributed by atoms with van der Waals surface area (Å²) in [4.78, 5) is 15.0. The third-order valence-corrected chi connectivity index (χ3v) is 3.72. The fourth-order valence-corrected chi connectivity index (χ4v) is 2.43. The van der Waals surface area contributed by atoms with E-state index in [0.29, 0.717) is 0 Å². The van der Waals surface area contributed by atoms with E-state index >= 15 is 0 Å². The van der Waals surface area contributed by atoms with Crippen LogP contribution in [0.4, 0.5) is 0 Å². The first-order chi connectivity index (χ1) is 8.97. The molecule has 0 aliphatic heterocycles. The molecule has 0 N–H and O–H groups in total. The van der Waals surface area contributed by atoms with Crippen LogP contribution in [0.25, 0.3) is 0 Å². The number of likely N-dealkylation sites (N-methyl/N-ethyl adjacent to an activating group) is 1. The highest BCUT2D eigenvalue weighted by molar-refractivity contribution is 6.00.